The lowest BCUT2D eigenvalue weighted by Crippen LogP contribution is -2.36. The van der Waals surface area contributed by atoms with Crippen molar-refractivity contribution in [2.45, 2.75) is 38.1 Å². The van der Waals surface area contributed by atoms with Crippen LogP contribution in [0.2, 0.25) is 0 Å². The van der Waals surface area contributed by atoms with Gasteiger partial charge in [0.1, 0.15) is 0 Å². The molecule has 0 radical (unpaired) electrons. The van der Waals surface area contributed by atoms with E-state index in [1.807, 2.05) is 30.3 Å². The minimum atomic E-state index is -0.429. The van der Waals surface area contributed by atoms with Gasteiger partial charge in [-0.1, -0.05) is 49.6 Å². The highest BCUT2D eigenvalue weighted by atomic mass is 16.6. The summed E-state index contributed by atoms with van der Waals surface area (Å²) in [5.41, 5.74) is 2.20. The second-order valence-electron chi connectivity index (χ2n) is 6.58. The van der Waals surface area contributed by atoms with Crippen molar-refractivity contribution in [3.05, 3.63) is 75.8 Å². The maximum Gasteiger partial charge on any atom is 0.269 e. The highest BCUT2D eigenvalue weighted by Crippen LogP contribution is 2.23. The first-order valence-electron chi connectivity index (χ1n) is 8.96. The van der Waals surface area contributed by atoms with E-state index in [0.29, 0.717) is 5.57 Å². The molecule has 5 heteroatoms. The van der Waals surface area contributed by atoms with Crippen molar-refractivity contribution in [3.63, 3.8) is 0 Å². The second kappa shape index (κ2) is 8.43. The number of amides is 1. The Morgan fingerprint density at radius 2 is 1.65 bits per heavy atom. The Morgan fingerprint density at radius 3 is 2.27 bits per heavy atom. The third-order valence-electron chi connectivity index (χ3n) is 4.68. The van der Waals surface area contributed by atoms with E-state index in [4.69, 9.17) is 0 Å². The van der Waals surface area contributed by atoms with Gasteiger partial charge >= 0.3 is 0 Å². The summed E-state index contributed by atoms with van der Waals surface area (Å²) in [6.07, 6.45) is 7.36. The predicted octanol–water partition coefficient (Wildman–Crippen LogP) is 4.58. The molecule has 1 saturated carbocycles. The van der Waals surface area contributed by atoms with Crippen molar-refractivity contribution in [1.82, 2.24) is 5.32 Å². The fourth-order valence-electron chi connectivity index (χ4n) is 3.27. The van der Waals surface area contributed by atoms with Gasteiger partial charge in [0, 0.05) is 23.7 Å². The number of non-ortho nitro benzene ring substituents is 1. The van der Waals surface area contributed by atoms with E-state index in [0.717, 1.165) is 36.8 Å². The largest absolute Gasteiger partial charge is 0.349 e. The first kappa shape index (κ1) is 17.9. The topological polar surface area (TPSA) is 72.2 Å². The summed E-state index contributed by atoms with van der Waals surface area (Å²) in [6.45, 7) is 0. The zero-order chi connectivity index (χ0) is 18.4. The number of nitro groups is 1. The lowest BCUT2D eigenvalue weighted by molar-refractivity contribution is -0.384. The van der Waals surface area contributed by atoms with Gasteiger partial charge in [-0.05, 0) is 42.2 Å². The normalized spacial score (nSPS) is 15.5. The molecule has 0 bridgehead atoms. The molecule has 0 spiro atoms. The van der Waals surface area contributed by atoms with Crippen LogP contribution in [-0.4, -0.2) is 16.9 Å². The summed E-state index contributed by atoms with van der Waals surface area (Å²) in [7, 11) is 0. The van der Waals surface area contributed by atoms with Crippen LogP contribution in [0.3, 0.4) is 0 Å². The number of nitro benzene ring substituents is 1. The lowest BCUT2D eigenvalue weighted by atomic mass is 9.94. The highest BCUT2D eigenvalue weighted by molar-refractivity contribution is 6.24. The molecule has 0 unspecified atom stereocenters. The maximum absolute atomic E-state index is 12.9. The van der Waals surface area contributed by atoms with Crippen LogP contribution in [0.25, 0.3) is 11.6 Å². The minimum Gasteiger partial charge on any atom is -0.349 e. The van der Waals surface area contributed by atoms with Gasteiger partial charge in [0.05, 0.1) is 4.92 Å². The van der Waals surface area contributed by atoms with E-state index in [1.54, 1.807) is 18.2 Å². The maximum atomic E-state index is 12.9. The van der Waals surface area contributed by atoms with E-state index >= 15 is 0 Å². The van der Waals surface area contributed by atoms with Crippen LogP contribution in [0.4, 0.5) is 5.69 Å². The Balaban J connectivity index is 1.87. The van der Waals surface area contributed by atoms with Gasteiger partial charge in [-0.3, -0.25) is 14.9 Å². The molecule has 0 atom stereocenters. The number of benzene rings is 2. The molecule has 1 fully saturated rings. The summed E-state index contributed by atoms with van der Waals surface area (Å²) in [5, 5.41) is 14.0. The Hall–Kier alpha value is -2.95. The zero-order valence-electron chi connectivity index (χ0n) is 14.6. The third kappa shape index (κ3) is 4.57. The van der Waals surface area contributed by atoms with Crippen molar-refractivity contribution < 1.29 is 9.72 Å². The Morgan fingerprint density at radius 1 is 1.00 bits per heavy atom. The van der Waals surface area contributed by atoms with Gasteiger partial charge in [-0.15, -0.1) is 0 Å². The molecule has 1 amide bonds. The van der Waals surface area contributed by atoms with Crippen molar-refractivity contribution >= 4 is 23.2 Å². The quantitative estimate of drug-likeness (QED) is 0.371. The van der Waals surface area contributed by atoms with Crippen LogP contribution in [-0.2, 0) is 4.79 Å². The molecule has 2 aromatic rings. The molecule has 134 valence electrons. The van der Waals surface area contributed by atoms with Gasteiger partial charge < -0.3 is 5.32 Å². The van der Waals surface area contributed by atoms with Crippen molar-refractivity contribution in [2.24, 2.45) is 0 Å². The standard InChI is InChI=1S/C21H22N2O3/c24-21(22-18-9-5-2-6-10-18)20(17-7-3-1-4-8-17)15-16-11-13-19(14-12-16)23(25)26/h1,3-4,7-8,11-15,18H,2,5-6,9-10H2,(H,22,24)/b20-15+. The van der Waals surface area contributed by atoms with Crippen molar-refractivity contribution in [3.8, 4) is 0 Å². The zero-order valence-corrected chi connectivity index (χ0v) is 14.6. The van der Waals surface area contributed by atoms with Crippen LogP contribution < -0.4 is 5.32 Å². The first-order chi connectivity index (χ1) is 12.6. The van der Waals surface area contributed by atoms with Crippen LogP contribution in [0.1, 0.15) is 43.2 Å². The predicted molar refractivity (Wildman–Crippen MR) is 102 cm³/mol. The number of nitrogens with zero attached hydrogens (tertiary/aromatic N) is 1. The average Bonchev–Trinajstić information content (AvgIpc) is 2.68. The monoisotopic (exact) mass is 350 g/mol. The molecule has 1 N–H and O–H groups in total. The Bertz CT molecular complexity index is 792. The summed E-state index contributed by atoms with van der Waals surface area (Å²) in [4.78, 5) is 23.3. The number of rotatable bonds is 5. The van der Waals surface area contributed by atoms with Crippen molar-refractivity contribution in [2.75, 3.05) is 0 Å². The van der Waals surface area contributed by atoms with Gasteiger partial charge in [-0.2, -0.15) is 0 Å². The number of carbonyl (C=O) groups is 1. The number of hydrogen-bond acceptors (Lipinski definition) is 3. The smallest absolute Gasteiger partial charge is 0.269 e. The number of hydrogen-bond donors (Lipinski definition) is 1. The molecule has 0 aromatic heterocycles. The van der Waals surface area contributed by atoms with Crippen LogP contribution in [0, 0.1) is 10.1 Å². The minimum absolute atomic E-state index is 0.0371. The fourth-order valence-corrected chi connectivity index (χ4v) is 3.27. The van der Waals surface area contributed by atoms with Crippen LogP contribution >= 0.6 is 0 Å². The Labute approximate surface area is 152 Å². The van der Waals surface area contributed by atoms with Gasteiger partial charge in [0.2, 0.25) is 0 Å². The van der Waals surface area contributed by atoms with E-state index in [2.05, 4.69) is 5.32 Å². The molecule has 1 aliphatic carbocycles. The number of carbonyl (C=O) groups excluding carboxylic acids is 1. The van der Waals surface area contributed by atoms with E-state index < -0.39 is 4.92 Å². The summed E-state index contributed by atoms with van der Waals surface area (Å²) in [6, 6.07) is 16.0. The average molecular weight is 350 g/mol. The SMILES string of the molecule is O=C(NC1CCCCC1)/C(=C/c1ccc([N+](=O)[O-])cc1)c1ccccc1. The molecule has 26 heavy (non-hydrogen) atoms. The Kier molecular flexibility index (Phi) is 5.79. The summed E-state index contributed by atoms with van der Waals surface area (Å²) < 4.78 is 0. The molecule has 0 aliphatic heterocycles. The molecule has 5 nitrogen and oxygen atoms in total. The molecule has 0 saturated heterocycles. The fraction of sp³-hybridized carbons (Fsp3) is 0.286. The molecule has 0 heterocycles. The van der Waals surface area contributed by atoms with Crippen LogP contribution in [0.5, 0.6) is 0 Å². The van der Waals surface area contributed by atoms with E-state index in [1.165, 1.54) is 18.6 Å². The first-order valence-corrected chi connectivity index (χ1v) is 8.96. The highest BCUT2D eigenvalue weighted by Gasteiger charge is 2.19. The summed E-state index contributed by atoms with van der Waals surface area (Å²) in [5.74, 6) is -0.0959. The molecular formula is C21H22N2O3. The van der Waals surface area contributed by atoms with E-state index in [-0.39, 0.29) is 17.6 Å². The third-order valence-corrected chi connectivity index (χ3v) is 4.68. The lowest BCUT2D eigenvalue weighted by Gasteiger charge is -2.23. The van der Waals surface area contributed by atoms with E-state index in [9.17, 15) is 14.9 Å². The summed E-state index contributed by atoms with van der Waals surface area (Å²) >= 11 is 0. The molecular weight excluding hydrogens is 328 g/mol. The molecule has 3 rings (SSSR count). The number of nitrogens with one attached hydrogen (secondary N) is 1. The van der Waals surface area contributed by atoms with Gasteiger partial charge in [-0.25, -0.2) is 0 Å². The van der Waals surface area contributed by atoms with Crippen LogP contribution in [0.15, 0.2) is 54.6 Å². The van der Waals surface area contributed by atoms with Gasteiger partial charge in [0.15, 0.2) is 0 Å². The molecule has 1 aliphatic rings. The van der Waals surface area contributed by atoms with Gasteiger partial charge in [0.25, 0.3) is 11.6 Å². The second-order valence-corrected chi connectivity index (χ2v) is 6.58. The van der Waals surface area contributed by atoms with Crippen molar-refractivity contribution in [1.29, 1.82) is 0 Å². The molecule has 2 aromatic carbocycles.